The first-order valence-electron chi connectivity index (χ1n) is 6.68. The average molecular weight is 338 g/mol. The number of aliphatic hydroxyl groups excluding tert-OH is 1. The van der Waals surface area contributed by atoms with Crippen molar-refractivity contribution < 1.29 is 17.9 Å². The van der Waals surface area contributed by atoms with Crippen LogP contribution in [0.25, 0.3) is 0 Å². The summed E-state index contributed by atoms with van der Waals surface area (Å²) >= 11 is 5.81. The minimum absolute atomic E-state index is 0.0731. The zero-order valence-corrected chi connectivity index (χ0v) is 14.2. The summed E-state index contributed by atoms with van der Waals surface area (Å²) in [7, 11) is -2.59. The Kier molecular flexibility index (Phi) is 6.16. The molecule has 1 aromatic carbocycles. The molecular formula is C14H21ClFNO3S. The van der Waals surface area contributed by atoms with E-state index in [0.717, 1.165) is 10.4 Å². The minimum Gasteiger partial charge on any atom is -0.392 e. The van der Waals surface area contributed by atoms with Crippen molar-refractivity contribution in [1.29, 1.82) is 0 Å². The lowest BCUT2D eigenvalue weighted by Crippen LogP contribution is -2.36. The molecule has 0 aliphatic heterocycles. The third-order valence-corrected chi connectivity index (χ3v) is 5.53. The Morgan fingerprint density at radius 1 is 1.33 bits per heavy atom. The van der Waals surface area contributed by atoms with Crippen LogP contribution in [0.4, 0.5) is 4.39 Å². The highest BCUT2D eigenvalue weighted by molar-refractivity contribution is 7.89. The van der Waals surface area contributed by atoms with Crippen LogP contribution in [0.1, 0.15) is 32.8 Å². The Balaban J connectivity index is 3.28. The molecule has 0 amide bonds. The van der Waals surface area contributed by atoms with E-state index in [4.69, 9.17) is 16.7 Å². The summed E-state index contributed by atoms with van der Waals surface area (Å²) in [5.74, 6) is -0.639. The molecule has 0 saturated carbocycles. The summed E-state index contributed by atoms with van der Waals surface area (Å²) in [4.78, 5) is -0.503. The van der Waals surface area contributed by atoms with E-state index in [1.165, 1.54) is 13.1 Å². The summed E-state index contributed by atoms with van der Waals surface area (Å²) in [6.07, 6.45) is 0.658. The maximum absolute atomic E-state index is 14.2. The summed E-state index contributed by atoms with van der Waals surface area (Å²) in [5, 5.41) is 9.17. The van der Waals surface area contributed by atoms with Gasteiger partial charge in [-0.05, 0) is 31.4 Å². The molecule has 1 N–H and O–H groups in total. The van der Waals surface area contributed by atoms with E-state index in [2.05, 4.69) is 0 Å². The number of hydrogen-bond donors (Lipinski definition) is 1. The molecule has 0 aromatic heterocycles. The number of rotatable bonds is 6. The van der Waals surface area contributed by atoms with Crippen LogP contribution in [0.15, 0.2) is 17.0 Å². The fourth-order valence-corrected chi connectivity index (χ4v) is 3.95. The first-order chi connectivity index (χ1) is 9.61. The number of sulfonamides is 1. The van der Waals surface area contributed by atoms with Gasteiger partial charge in [0.1, 0.15) is 10.7 Å². The maximum atomic E-state index is 14.2. The number of halogens is 2. The molecular weight excluding hydrogens is 317 g/mol. The van der Waals surface area contributed by atoms with Crippen molar-refractivity contribution in [2.45, 2.75) is 44.7 Å². The third-order valence-electron chi connectivity index (χ3n) is 3.34. The highest BCUT2D eigenvalue weighted by Gasteiger charge is 2.30. The molecule has 4 nitrogen and oxygen atoms in total. The number of benzene rings is 1. The predicted octanol–water partition coefficient (Wildman–Crippen LogP) is 3.03. The predicted molar refractivity (Wildman–Crippen MR) is 81.2 cm³/mol. The normalized spacial score (nSPS) is 14.0. The Hall–Kier alpha value is -0.690. The van der Waals surface area contributed by atoms with Gasteiger partial charge >= 0.3 is 0 Å². The van der Waals surface area contributed by atoms with Crippen molar-refractivity contribution in [1.82, 2.24) is 4.31 Å². The van der Waals surface area contributed by atoms with Gasteiger partial charge in [0.25, 0.3) is 0 Å². The highest BCUT2D eigenvalue weighted by atomic mass is 35.5. The molecule has 0 aliphatic carbocycles. The van der Waals surface area contributed by atoms with Crippen LogP contribution in [0.5, 0.6) is 0 Å². The van der Waals surface area contributed by atoms with Crippen LogP contribution in [0.3, 0.4) is 0 Å². The lowest BCUT2D eigenvalue weighted by molar-refractivity contribution is 0.274. The van der Waals surface area contributed by atoms with Gasteiger partial charge in [0, 0.05) is 23.7 Å². The van der Waals surface area contributed by atoms with E-state index in [1.54, 1.807) is 6.92 Å². The molecule has 1 atom stereocenters. The smallest absolute Gasteiger partial charge is 0.246 e. The molecule has 120 valence electrons. The van der Waals surface area contributed by atoms with Gasteiger partial charge in [0.2, 0.25) is 10.0 Å². The fourth-order valence-electron chi connectivity index (χ4n) is 2.14. The molecule has 1 aromatic rings. The lowest BCUT2D eigenvalue weighted by atomic mass is 10.1. The largest absolute Gasteiger partial charge is 0.392 e. The standard InChI is InChI=1S/C14H21ClFNO3S/c1-9(2)5-10(3)17(4)21(19,20)13-7-12(15)6-11(8-18)14(13)16/h6-7,9-10,18H,5,8H2,1-4H3. The number of aliphatic hydroxyl groups is 1. The highest BCUT2D eigenvalue weighted by Crippen LogP contribution is 2.27. The number of hydrogen-bond acceptors (Lipinski definition) is 3. The Morgan fingerprint density at radius 3 is 2.38 bits per heavy atom. The third kappa shape index (κ3) is 4.16. The van der Waals surface area contributed by atoms with E-state index in [9.17, 15) is 12.8 Å². The van der Waals surface area contributed by atoms with Crippen LogP contribution in [0, 0.1) is 11.7 Å². The summed E-state index contributed by atoms with van der Waals surface area (Å²) < 4.78 is 40.4. The summed E-state index contributed by atoms with van der Waals surface area (Å²) in [6, 6.07) is 2.02. The van der Waals surface area contributed by atoms with Gasteiger partial charge in [-0.3, -0.25) is 0 Å². The van der Waals surface area contributed by atoms with Crippen LogP contribution < -0.4 is 0 Å². The Morgan fingerprint density at radius 2 is 1.90 bits per heavy atom. The van der Waals surface area contributed by atoms with Gasteiger partial charge in [0.05, 0.1) is 6.61 Å². The molecule has 7 heteroatoms. The first kappa shape index (κ1) is 18.4. The molecule has 1 rings (SSSR count). The van der Waals surface area contributed by atoms with Gasteiger partial charge in [-0.2, -0.15) is 4.31 Å². The summed E-state index contributed by atoms with van der Waals surface area (Å²) in [6.45, 7) is 5.13. The molecule has 1 unspecified atom stereocenters. The van der Waals surface area contributed by atoms with Crippen molar-refractivity contribution >= 4 is 21.6 Å². The van der Waals surface area contributed by atoms with Gasteiger partial charge in [-0.1, -0.05) is 25.4 Å². The number of nitrogens with zero attached hydrogens (tertiary/aromatic N) is 1. The van der Waals surface area contributed by atoms with Gasteiger partial charge < -0.3 is 5.11 Å². The van der Waals surface area contributed by atoms with Crippen molar-refractivity contribution in [3.8, 4) is 0 Å². The van der Waals surface area contributed by atoms with Gasteiger partial charge in [-0.15, -0.1) is 0 Å². The molecule has 0 heterocycles. The molecule has 0 spiro atoms. The average Bonchev–Trinajstić information content (AvgIpc) is 2.38. The molecule has 0 saturated heterocycles. The van der Waals surface area contributed by atoms with Crippen LogP contribution in [-0.4, -0.2) is 30.9 Å². The zero-order valence-electron chi connectivity index (χ0n) is 12.6. The Bertz CT molecular complexity index is 604. The van der Waals surface area contributed by atoms with E-state index in [0.29, 0.717) is 12.3 Å². The lowest BCUT2D eigenvalue weighted by Gasteiger charge is -2.26. The second-order valence-corrected chi connectivity index (χ2v) is 7.94. The minimum atomic E-state index is -4.01. The topological polar surface area (TPSA) is 57.6 Å². The fraction of sp³-hybridized carbons (Fsp3) is 0.571. The summed E-state index contributed by atoms with van der Waals surface area (Å²) in [5.41, 5.74) is -0.133. The van der Waals surface area contributed by atoms with Crippen molar-refractivity contribution in [3.05, 3.63) is 28.5 Å². The van der Waals surface area contributed by atoms with Crippen LogP contribution in [-0.2, 0) is 16.6 Å². The van der Waals surface area contributed by atoms with Crippen LogP contribution in [0.2, 0.25) is 5.02 Å². The second kappa shape index (κ2) is 7.05. The molecule has 0 bridgehead atoms. The molecule has 0 radical (unpaired) electrons. The zero-order chi connectivity index (χ0) is 16.4. The monoisotopic (exact) mass is 337 g/mol. The van der Waals surface area contributed by atoms with Crippen molar-refractivity contribution in [2.24, 2.45) is 5.92 Å². The molecule has 0 fully saturated rings. The van der Waals surface area contributed by atoms with Gasteiger partial charge in [0.15, 0.2) is 0 Å². The van der Waals surface area contributed by atoms with Gasteiger partial charge in [-0.25, -0.2) is 12.8 Å². The SMILES string of the molecule is CC(C)CC(C)N(C)S(=O)(=O)c1cc(Cl)cc(CO)c1F. The second-order valence-electron chi connectivity index (χ2n) is 5.53. The van der Waals surface area contributed by atoms with E-state index in [1.807, 2.05) is 13.8 Å². The quantitative estimate of drug-likeness (QED) is 0.868. The van der Waals surface area contributed by atoms with Crippen LogP contribution >= 0.6 is 11.6 Å². The van der Waals surface area contributed by atoms with E-state index < -0.39 is 27.3 Å². The van der Waals surface area contributed by atoms with Crippen molar-refractivity contribution in [3.63, 3.8) is 0 Å². The maximum Gasteiger partial charge on any atom is 0.246 e. The Labute approximate surface area is 130 Å². The molecule has 21 heavy (non-hydrogen) atoms. The molecule has 0 aliphatic rings. The van der Waals surface area contributed by atoms with Crippen molar-refractivity contribution in [2.75, 3.05) is 7.05 Å². The van der Waals surface area contributed by atoms with E-state index >= 15 is 0 Å². The first-order valence-corrected chi connectivity index (χ1v) is 8.49. The van der Waals surface area contributed by atoms with E-state index in [-0.39, 0.29) is 16.6 Å².